The number of piperidine rings is 1. The Kier molecular flexibility index (Phi) is 6.07. The van der Waals surface area contributed by atoms with E-state index in [1.54, 1.807) is 12.1 Å². The molecule has 2 rings (SSSR count). The number of rotatable bonds is 3. The normalized spacial score (nSPS) is 18.7. The molecule has 0 saturated carbocycles. The maximum absolute atomic E-state index is 11.5. The maximum atomic E-state index is 11.5. The van der Waals surface area contributed by atoms with E-state index in [4.69, 9.17) is 23.2 Å². The Morgan fingerprint density at radius 1 is 1.26 bits per heavy atom. The van der Waals surface area contributed by atoms with Crippen LogP contribution in [-0.2, 0) is 16.1 Å². The van der Waals surface area contributed by atoms with Crippen molar-refractivity contribution in [2.45, 2.75) is 25.4 Å². The van der Waals surface area contributed by atoms with Gasteiger partial charge in [0, 0.05) is 13.0 Å². The minimum Gasteiger partial charge on any atom is -0.302 e. The lowest BCUT2D eigenvalue weighted by Gasteiger charge is -2.21. The molecule has 19 heavy (non-hydrogen) atoms. The molecule has 104 valence electrons. The lowest BCUT2D eigenvalue weighted by Crippen LogP contribution is -2.50. The number of nitrogens with one attached hydrogen (secondary N) is 2. The summed E-state index contributed by atoms with van der Waals surface area (Å²) >= 11 is 11.7. The number of carbonyl (C=O) groups is 2. The van der Waals surface area contributed by atoms with Crippen LogP contribution in [0.25, 0.3) is 0 Å². The zero-order chi connectivity index (χ0) is 13.1. The molecule has 2 N–H and O–H groups in total. The smallest absolute Gasteiger partial charge is 0.243 e. The molecule has 1 saturated heterocycles. The van der Waals surface area contributed by atoms with Gasteiger partial charge >= 0.3 is 0 Å². The average Bonchev–Trinajstić information content (AvgIpc) is 2.32. The molecule has 1 aliphatic heterocycles. The van der Waals surface area contributed by atoms with Crippen molar-refractivity contribution in [1.29, 1.82) is 0 Å². The second-order valence-electron chi connectivity index (χ2n) is 4.13. The summed E-state index contributed by atoms with van der Waals surface area (Å²) in [4.78, 5) is 22.5. The number of hydrogen-bond acceptors (Lipinski definition) is 3. The van der Waals surface area contributed by atoms with Gasteiger partial charge in [-0.15, -0.1) is 12.4 Å². The third-order valence-corrected chi connectivity index (χ3v) is 3.51. The van der Waals surface area contributed by atoms with E-state index in [9.17, 15) is 9.59 Å². The first-order valence-electron chi connectivity index (χ1n) is 5.57. The lowest BCUT2D eigenvalue weighted by molar-refractivity contribution is -0.134. The van der Waals surface area contributed by atoms with E-state index in [1.165, 1.54) is 0 Å². The van der Waals surface area contributed by atoms with Crippen molar-refractivity contribution in [2.75, 3.05) is 0 Å². The van der Waals surface area contributed by atoms with Gasteiger partial charge in [-0.25, -0.2) is 0 Å². The number of hydrogen-bond donors (Lipinski definition) is 2. The summed E-state index contributed by atoms with van der Waals surface area (Å²) in [6.45, 7) is 0.503. The fourth-order valence-electron chi connectivity index (χ4n) is 1.78. The molecule has 0 aliphatic carbocycles. The molecule has 1 atom stereocenters. The summed E-state index contributed by atoms with van der Waals surface area (Å²) in [5.41, 5.74) is 0.939. The van der Waals surface area contributed by atoms with Gasteiger partial charge in [-0.2, -0.15) is 0 Å². The highest BCUT2D eigenvalue weighted by Crippen LogP contribution is 2.22. The number of benzene rings is 1. The van der Waals surface area contributed by atoms with Crippen LogP contribution in [0.5, 0.6) is 0 Å². The third kappa shape index (κ3) is 4.35. The lowest BCUT2D eigenvalue weighted by atomic mass is 10.1. The first kappa shape index (κ1) is 16.2. The summed E-state index contributed by atoms with van der Waals surface area (Å²) in [7, 11) is 0. The quantitative estimate of drug-likeness (QED) is 0.839. The molecule has 1 aromatic rings. The zero-order valence-corrected chi connectivity index (χ0v) is 12.2. The summed E-state index contributed by atoms with van der Waals surface area (Å²) in [6, 6.07) is 4.97. The van der Waals surface area contributed by atoms with Crippen LogP contribution >= 0.6 is 35.6 Å². The SMILES string of the molecule is Cl.O=C1CCC(NCc2ccc(Cl)c(Cl)c2)C(=O)N1. The predicted octanol–water partition coefficient (Wildman–Crippen LogP) is 2.31. The maximum Gasteiger partial charge on any atom is 0.243 e. The Balaban J connectivity index is 0.00000180. The molecule has 0 bridgehead atoms. The summed E-state index contributed by atoms with van der Waals surface area (Å²) in [6.07, 6.45) is 0.886. The minimum atomic E-state index is -0.336. The summed E-state index contributed by atoms with van der Waals surface area (Å²) < 4.78 is 0. The van der Waals surface area contributed by atoms with Crippen LogP contribution < -0.4 is 10.6 Å². The van der Waals surface area contributed by atoms with Crippen molar-refractivity contribution in [2.24, 2.45) is 0 Å². The molecule has 1 unspecified atom stereocenters. The van der Waals surface area contributed by atoms with Crippen LogP contribution in [0.3, 0.4) is 0 Å². The number of imide groups is 1. The van der Waals surface area contributed by atoms with E-state index < -0.39 is 0 Å². The van der Waals surface area contributed by atoms with Gasteiger partial charge in [0.25, 0.3) is 0 Å². The van der Waals surface area contributed by atoms with Gasteiger partial charge < -0.3 is 5.32 Å². The van der Waals surface area contributed by atoms with Crippen molar-refractivity contribution < 1.29 is 9.59 Å². The highest BCUT2D eigenvalue weighted by Gasteiger charge is 2.25. The fourth-order valence-corrected chi connectivity index (χ4v) is 2.10. The Hall–Kier alpha value is -0.810. The Bertz CT molecular complexity index is 494. The largest absolute Gasteiger partial charge is 0.302 e. The molecule has 1 heterocycles. The van der Waals surface area contributed by atoms with Crippen LogP contribution in [0, 0.1) is 0 Å². The molecule has 1 aliphatic rings. The van der Waals surface area contributed by atoms with Crippen molar-refractivity contribution in [3.8, 4) is 0 Å². The van der Waals surface area contributed by atoms with E-state index in [2.05, 4.69) is 10.6 Å². The first-order valence-corrected chi connectivity index (χ1v) is 6.33. The van der Waals surface area contributed by atoms with Gasteiger partial charge in [-0.1, -0.05) is 29.3 Å². The van der Waals surface area contributed by atoms with Gasteiger partial charge in [0.05, 0.1) is 16.1 Å². The topological polar surface area (TPSA) is 58.2 Å². The molecule has 0 radical (unpaired) electrons. The second kappa shape index (κ2) is 7.10. The third-order valence-electron chi connectivity index (χ3n) is 2.78. The molecule has 0 aromatic heterocycles. The Morgan fingerprint density at radius 3 is 2.63 bits per heavy atom. The molecule has 7 heteroatoms. The predicted molar refractivity (Wildman–Crippen MR) is 76.7 cm³/mol. The van der Waals surface area contributed by atoms with Crippen LogP contribution in [0.1, 0.15) is 18.4 Å². The number of carbonyl (C=O) groups excluding carboxylic acids is 2. The molecular formula is C12H13Cl3N2O2. The molecule has 4 nitrogen and oxygen atoms in total. The first-order chi connectivity index (χ1) is 8.56. The van der Waals surface area contributed by atoms with E-state index in [0.29, 0.717) is 29.4 Å². The minimum absolute atomic E-state index is 0. The van der Waals surface area contributed by atoms with Crippen LogP contribution in [0.2, 0.25) is 10.0 Å². The molecule has 1 fully saturated rings. The van der Waals surface area contributed by atoms with Gasteiger partial charge in [0.15, 0.2) is 0 Å². The van der Waals surface area contributed by atoms with Gasteiger partial charge in [-0.3, -0.25) is 14.9 Å². The standard InChI is InChI=1S/C12H12Cl2N2O2.ClH/c13-8-2-1-7(5-9(8)14)6-15-10-3-4-11(17)16-12(10)18;/h1-2,5,10,15H,3-4,6H2,(H,16,17,18);1H. The van der Waals surface area contributed by atoms with E-state index >= 15 is 0 Å². The number of amides is 2. The van der Waals surface area contributed by atoms with Crippen LogP contribution in [0.4, 0.5) is 0 Å². The van der Waals surface area contributed by atoms with E-state index in [1.807, 2.05) is 6.07 Å². The Morgan fingerprint density at radius 2 is 2.00 bits per heavy atom. The van der Waals surface area contributed by atoms with E-state index in [0.717, 1.165) is 5.56 Å². The second-order valence-corrected chi connectivity index (χ2v) is 4.95. The summed E-state index contributed by atoms with van der Waals surface area (Å²) in [5, 5.41) is 6.37. The monoisotopic (exact) mass is 322 g/mol. The average molecular weight is 324 g/mol. The number of halogens is 3. The van der Waals surface area contributed by atoms with Crippen molar-refractivity contribution in [3.63, 3.8) is 0 Å². The fraction of sp³-hybridized carbons (Fsp3) is 0.333. The van der Waals surface area contributed by atoms with Crippen molar-refractivity contribution in [3.05, 3.63) is 33.8 Å². The Labute approximate surface area is 127 Å². The molecular weight excluding hydrogens is 311 g/mol. The van der Waals surface area contributed by atoms with Crippen molar-refractivity contribution in [1.82, 2.24) is 10.6 Å². The van der Waals surface area contributed by atoms with Crippen molar-refractivity contribution >= 4 is 47.4 Å². The highest BCUT2D eigenvalue weighted by molar-refractivity contribution is 6.42. The van der Waals surface area contributed by atoms with Gasteiger partial charge in [0.1, 0.15) is 0 Å². The van der Waals surface area contributed by atoms with Gasteiger partial charge in [0.2, 0.25) is 11.8 Å². The van der Waals surface area contributed by atoms with Crippen LogP contribution in [-0.4, -0.2) is 17.9 Å². The molecule has 0 spiro atoms. The van der Waals surface area contributed by atoms with Gasteiger partial charge in [-0.05, 0) is 24.1 Å². The molecule has 2 amide bonds. The zero-order valence-electron chi connectivity index (χ0n) is 9.91. The molecule has 1 aromatic carbocycles. The van der Waals surface area contributed by atoms with E-state index in [-0.39, 0.29) is 30.3 Å². The summed E-state index contributed by atoms with van der Waals surface area (Å²) in [5.74, 6) is -0.487. The van der Waals surface area contributed by atoms with Crippen LogP contribution in [0.15, 0.2) is 18.2 Å². The highest BCUT2D eigenvalue weighted by atomic mass is 35.5.